The van der Waals surface area contributed by atoms with Crippen LogP contribution in [0.1, 0.15) is 35.3 Å². The first-order valence-electron chi connectivity index (χ1n) is 6.75. The highest BCUT2D eigenvalue weighted by Crippen LogP contribution is 2.39. The van der Waals surface area contributed by atoms with Crippen LogP contribution in [-0.4, -0.2) is 16.2 Å². The number of carbonyl (C=O) groups is 1. The van der Waals surface area contributed by atoms with Gasteiger partial charge < -0.3 is 10.2 Å². The molecule has 0 aliphatic heterocycles. The highest BCUT2D eigenvalue weighted by Gasteiger charge is 2.30. The maximum absolute atomic E-state index is 11.2. The zero-order valence-corrected chi connectivity index (χ0v) is 12.1. The fourth-order valence-corrected chi connectivity index (χ4v) is 2.66. The van der Waals surface area contributed by atoms with E-state index in [4.69, 9.17) is 5.11 Å². The largest absolute Gasteiger partial charge is 0.507 e. The molecule has 1 aromatic carbocycles. The Kier molecular flexibility index (Phi) is 3.71. The van der Waals surface area contributed by atoms with E-state index in [1.165, 1.54) is 6.07 Å². The molecule has 2 atom stereocenters. The molecule has 20 heavy (non-hydrogen) atoms. The third-order valence-electron chi connectivity index (χ3n) is 4.16. The molecule has 0 spiro atoms. The summed E-state index contributed by atoms with van der Waals surface area (Å²) in [6.45, 7) is 6.10. The Hall–Kier alpha value is -2.03. The third kappa shape index (κ3) is 2.62. The van der Waals surface area contributed by atoms with Crippen molar-refractivity contribution in [2.24, 2.45) is 11.3 Å². The van der Waals surface area contributed by atoms with Gasteiger partial charge in [0.2, 0.25) is 0 Å². The van der Waals surface area contributed by atoms with Crippen molar-refractivity contribution in [1.29, 1.82) is 0 Å². The lowest BCUT2D eigenvalue weighted by atomic mass is 9.71. The predicted molar refractivity (Wildman–Crippen MR) is 79.1 cm³/mol. The minimum absolute atomic E-state index is 0.0217. The molecule has 1 aliphatic rings. The smallest absolute Gasteiger partial charge is 0.339 e. The van der Waals surface area contributed by atoms with Gasteiger partial charge in [0, 0.05) is 0 Å². The average Bonchev–Trinajstić information content (AvgIpc) is 2.37. The zero-order valence-electron chi connectivity index (χ0n) is 12.1. The van der Waals surface area contributed by atoms with Crippen LogP contribution >= 0.6 is 0 Å². The Bertz CT molecular complexity index is 598. The van der Waals surface area contributed by atoms with Crippen LogP contribution in [0.5, 0.6) is 5.75 Å². The van der Waals surface area contributed by atoms with E-state index >= 15 is 0 Å². The summed E-state index contributed by atoms with van der Waals surface area (Å²) in [6.07, 6.45) is 8.89. The first-order chi connectivity index (χ1) is 9.33. The van der Waals surface area contributed by atoms with Crippen LogP contribution in [0.4, 0.5) is 0 Å². The standard InChI is InChI=1S/C17H20O3/c1-11-8-13(15(18)14(9-11)16(19)20)10-17(3)7-5-4-6-12(17)2/h4-9,12,18H,10H2,1-3H3,(H,19,20). The van der Waals surface area contributed by atoms with Gasteiger partial charge >= 0.3 is 5.97 Å². The van der Waals surface area contributed by atoms with E-state index < -0.39 is 5.97 Å². The molecule has 0 saturated heterocycles. The van der Waals surface area contributed by atoms with Crippen molar-refractivity contribution in [2.45, 2.75) is 27.2 Å². The molecule has 0 heterocycles. The van der Waals surface area contributed by atoms with Gasteiger partial charge in [0.1, 0.15) is 11.3 Å². The van der Waals surface area contributed by atoms with Crippen molar-refractivity contribution in [1.82, 2.24) is 0 Å². The Morgan fingerprint density at radius 3 is 2.65 bits per heavy atom. The summed E-state index contributed by atoms with van der Waals surface area (Å²) in [5.41, 5.74) is 1.40. The van der Waals surface area contributed by atoms with Crippen LogP contribution in [-0.2, 0) is 6.42 Å². The van der Waals surface area contributed by atoms with Crippen LogP contribution < -0.4 is 0 Å². The van der Waals surface area contributed by atoms with E-state index in [0.717, 1.165) is 5.56 Å². The third-order valence-corrected chi connectivity index (χ3v) is 4.16. The second kappa shape index (κ2) is 5.16. The van der Waals surface area contributed by atoms with Gasteiger partial charge in [-0.25, -0.2) is 4.79 Å². The minimum Gasteiger partial charge on any atom is -0.507 e. The van der Waals surface area contributed by atoms with Crippen LogP contribution in [0.2, 0.25) is 0 Å². The van der Waals surface area contributed by atoms with Gasteiger partial charge in [-0.05, 0) is 41.9 Å². The Labute approximate surface area is 119 Å². The average molecular weight is 272 g/mol. The van der Waals surface area contributed by atoms with Crippen molar-refractivity contribution in [3.63, 3.8) is 0 Å². The van der Waals surface area contributed by atoms with Gasteiger partial charge in [-0.15, -0.1) is 0 Å². The molecule has 2 rings (SSSR count). The van der Waals surface area contributed by atoms with Gasteiger partial charge in [0.05, 0.1) is 0 Å². The number of carboxylic acids is 1. The van der Waals surface area contributed by atoms with E-state index in [1.54, 1.807) is 0 Å². The number of benzene rings is 1. The number of allylic oxidation sites excluding steroid dienone is 4. The van der Waals surface area contributed by atoms with Gasteiger partial charge in [0.15, 0.2) is 0 Å². The number of phenols is 1. The van der Waals surface area contributed by atoms with Gasteiger partial charge in [0.25, 0.3) is 0 Å². The lowest BCUT2D eigenvalue weighted by Gasteiger charge is -2.33. The first-order valence-corrected chi connectivity index (χ1v) is 6.75. The number of aromatic carboxylic acids is 1. The molecule has 3 heteroatoms. The van der Waals surface area contributed by atoms with Gasteiger partial charge in [-0.2, -0.15) is 0 Å². The number of rotatable bonds is 3. The summed E-state index contributed by atoms with van der Waals surface area (Å²) in [4.78, 5) is 11.2. The van der Waals surface area contributed by atoms with Crippen molar-refractivity contribution in [3.8, 4) is 5.75 Å². The summed E-state index contributed by atoms with van der Waals surface area (Å²) >= 11 is 0. The summed E-state index contributed by atoms with van der Waals surface area (Å²) < 4.78 is 0. The topological polar surface area (TPSA) is 57.5 Å². The van der Waals surface area contributed by atoms with Crippen molar-refractivity contribution in [3.05, 3.63) is 53.1 Å². The molecule has 0 bridgehead atoms. The predicted octanol–water partition coefficient (Wildman–Crippen LogP) is 3.71. The van der Waals surface area contributed by atoms with Crippen LogP contribution in [0, 0.1) is 18.3 Å². The first kappa shape index (κ1) is 14.4. The second-order valence-electron chi connectivity index (χ2n) is 5.84. The van der Waals surface area contributed by atoms with E-state index in [0.29, 0.717) is 17.9 Å². The van der Waals surface area contributed by atoms with Gasteiger partial charge in [-0.3, -0.25) is 0 Å². The SMILES string of the molecule is Cc1cc(CC2(C)C=CC=CC2C)c(O)c(C(=O)O)c1. The molecule has 0 radical (unpaired) electrons. The maximum Gasteiger partial charge on any atom is 0.339 e. The maximum atomic E-state index is 11.2. The van der Waals surface area contributed by atoms with Crippen molar-refractivity contribution < 1.29 is 15.0 Å². The highest BCUT2D eigenvalue weighted by molar-refractivity contribution is 5.91. The molecule has 0 saturated carbocycles. The molecule has 0 aromatic heterocycles. The Morgan fingerprint density at radius 1 is 1.35 bits per heavy atom. The number of hydrogen-bond donors (Lipinski definition) is 2. The number of aryl methyl sites for hydroxylation is 1. The van der Waals surface area contributed by atoms with E-state index in [9.17, 15) is 9.90 Å². The molecule has 1 aliphatic carbocycles. The normalized spacial score (nSPS) is 24.9. The van der Waals surface area contributed by atoms with E-state index in [2.05, 4.69) is 26.0 Å². The lowest BCUT2D eigenvalue weighted by molar-refractivity contribution is 0.0693. The fourth-order valence-electron chi connectivity index (χ4n) is 2.66. The summed E-state index contributed by atoms with van der Waals surface area (Å²) in [6, 6.07) is 3.37. The molecule has 1 aromatic rings. The molecular formula is C17H20O3. The van der Waals surface area contributed by atoms with Gasteiger partial charge in [-0.1, -0.05) is 44.2 Å². The number of carboxylic acid groups (broad SMARTS) is 1. The summed E-state index contributed by atoms with van der Waals surface area (Å²) in [5.74, 6) is -0.870. The molecule has 2 unspecified atom stereocenters. The molecule has 106 valence electrons. The fraction of sp³-hybridized carbons (Fsp3) is 0.353. The van der Waals surface area contributed by atoms with Crippen molar-refractivity contribution >= 4 is 5.97 Å². The zero-order chi connectivity index (χ0) is 14.9. The molecular weight excluding hydrogens is 252 g/mol. The highest BCUT2D eigenvalue weighted by atomic mass is 16.4. The van der Waals surface area contributed by atoms with Crippen LogP contribution in [0.15, 0.2) is 36.4 Å². The second-order valence-corrected chi connectivity index (χ2v) is 5.84. The lowest BCUT2D eigenvalue weighted by Crippen LogP contribution is -2.26. The van der Waals surface area contributed by atoms with E-state index in [-0.39, 0.29) is 16.7 Å². The number of aromatic hydroxyl groups is 1. The summed E-state index contributed by atoms with van der Waals surface area (Å²) in [5, 5.41) is 19.3. The Morgan fingerprint density at radius 2 is 2.05 bits per heavy atom. The van der Waals surface area contributed by atoms with Crippen LogP contribution in [0.3, 0.4) is 0 Å². The number of hydrogen-bond acceptors (Lipinski definition) is 2. The Balaban J connectivity index is 2.42. The quantitative estimate of drug-likeness (QED) is 0.881. The van der Waals surface area contributed by atoms with Crippen LogP contribution in [0.25, 0.3) is 0 Å². The molecule has 0 amide bonds. The summed E-state index contributed by atoms with van der Waals surface area (Å²) in [7, 11) is 0. The molecule has 0 fully saturated rings. The van der Waals surface area contributed by atoms with E-state index in [1.807, 2.05) is 25.1 Å². The minimum atomic E-state index is -1.09. The molecule has 3 nitrogen and oxygen atoms in total. The monoisotopic (exact) mass is 272 g/mol. The molecule has 2 N–H and O–H groups in total. The van der Waals surface area contributed by atoms with Crippen molar-refractivity contribution in [2.75, 3.05) is 0 Å².